The molecule has 0 saturated heterocycles. The van der Waals surface area contributed by atoms with Crippen LogP contribution in [-0.2, 0) is 4.74 Å². The Labute approximate surface area is 115 Å². The van der Waals surface area contributed by atoms with Crippen molar-refractivity contribution in [2.75, 3.05) is 6.61 Å². The van der Waals surface area contributed by atoms with E-state index in [4.69, 9.17) is 4.74 Å². The summed E-state index contributed by atoms with van der Waals surface area (Å²) >= 11 is 0. The molecule has 1 radical (unpaired) electrons. The highest BCUT2D eigenvalue weighted by atomic mass is 16.5. The highest BCUT2D eigenvalue weighted by molar-refractivity contribution is 4.91. The van der Waals surface area contributed by atoms with Crippen molar-refractivity contribution in [1.29, 1.82) is 0 Å². The summed E-state index contributed by atoms with van der Waals surface area (Å²) in [6.45, 7) is 6.28. The van der Waals surface area contributed by atoms with Gasteiger partial charge in [-0.05, 0) is 13.3 Å². The Kier molecular flexibility index (Phi) is 15.8. The van der Waals surface area contributed by atoms with Gasteiger partial charge in [0.05, 0.1) is 0 Å². The normalized spacial score (nSPS) is 9.89. The lowest BCUT2D eigenvalue weighted by atomic mass is 10.1. The molecule has 0 fully saturated rings. The van der Waals surface area contributed by atoms with Gasteiger partial charge in [-0.15, -0.1) is 0 Å². The Balaban J connectivity index is 2.97. The molecule has 0 aliphatic rings. The second-order valence-corrected chi connectivity index (χ2v) is 4.91. The average molecular weight is 251 g/mol. The second-order valence-electron chi connectivity index (χ2n) is 4.91. The largest absolute Gasteiger partial charge is 0.447 e. The molecule has 0 unspecified atom stereocenters. The molecular formula is C17H31O. The lowest BCUT2D eigenvalue weighted by Gasteiger charge is -2.01. The molecule has 0 aromatic heterocycles. The summed E-state index contributed by atoms with van der Waals surface area (Å²) in [6.07, 6.45) is 18.9. The van der Waals surface area contributed by atoms with Gasteiger partial charge >= 0.3 is 0 Å². The van der Waals surface area contributed by atoms with Crippen molar-refractivity contribution >= 4 is 0 Å². The minimum atomic E-state index is 0.450. The van der Waals surface area contributed by atoms with Gasteiger partial charge in [0, 0.05) is 6.42 Å². The van der Waals surface area contributed by atoms with E-state index in [1.165, 1.54) is 70.6 Å². The molecule has 105 valence electrons. The summed E-state index contributed by atoms with van der Waals surface area (Å²) in [6, 6.07) is 0. The van der Waals surface area contributed by atoms with Gasteiger partial charge in [0.2, 0.25) is 0 Å². The van der Waals surface area contributed by atoms with Gasteiger partial charge in [-0.1, -0.05) is 77.1 Å². The molecule has 0 bridgehead atoms. The Bertz CT molecular complexity index is 199. The zero-order chi connectivity index (χ0) is 13.3. The molecule has 1 heteroatoms. The third-order valence-electron chi connectivity index (χ3n) is 3.15. The molecule has 0 saturated carbocycles. The molecule has 0 heterocycles. The predicted molar refractivity (Wildman–Crippen MR) is 80.2 cm³/mol. The fourth-order valence-electron chi connectivity index (χ4n) is 2.03. The molecule has 0 aromatic rings. The van der Waals surface area contributed by atoms with Gasteiger partial charge in [0.1, 0.15) is 12.7 Å². The van der Waals surface area contributed by atoms with E-state index in [2.05, 4.69) is 25.9 Å². The Morgan fingerprint density at radius 2 is 1.28 bits per heavy atom. The fraction of sp³-hybridized carbons (Fsp3) is 0.824. The van der Waals surface area contributed by atoms with E-state index in [9.17, 15) is 0 Å². The number of rotatable bonds is 12. The van der Waals surface area contributed by atoms with Crippen molar-refractivity contribution < 1.29 is 4.74 Å². The van der Waals surface area contributed by atoms with Gasteiger partial charge in [-0.2, -0.15) is 0 Å². The molecule has 0 rings (SSSR count). The maximum Gasteiger partial charge on any atom is 0.110 e. The molecule has 0 aromatic carbocycles. The Morgan fingerprint density at radius 1 is 0.778 bits per heavy atom. The second kappa shape index (κ2) is 16.4. The van der Waals surface area contributed by atoms with E-state index >= 15 is 0 Å². The first-order chi connectivity index (χ1) is 8.91. The van der Waals surface area contributed by atoms with Crippen LogP contribution >= 0.6 is 0 Å². The molecule has 0 atom stereocenters. The molecule has 0 amide bonds. The van der Waals surface area contributed by atoms with Crippen molar-refractivity contribution in [3.8, 4) is 12.0 Å². The molecule has 18 heavy (non-hydrogen) atoms. The highest BCUT2D eigenvalue weighted by Gasteiger charge is 1.92. The highest BCUT2D eigenvalue weighted by Crippen LogP contribution is 2.11. The van der Waals surface area contributed by atoms with Crippen LogP contribution in [0.4, 0.5) is 0 Å². The van der Waals surface area contributed by atoms with Crippen molar-refractivity contribution in [1.82, 2.24) is 0 Å². The standard InChI is InChI=1S/C17H31O/c1-3-5-6-7-8-9-10-11-12-13-14-15-16-17-18-4-2/h2-15H2,1H3. The van der Waals surface area contributed by atoms with Crippen LogP contribution in [0.25, 0.3) is 0 Å². The number of hydrogen-bond donors (Lipinski definition) is 0. The van der Waals surface area contributed by atoms with Crippen molar-refractivity contribution in [3.05, 3.63) is 6.92 Å². The molecule has 0 N–H and O–H groups in total. The van der Waals surface area contributed by atoms with E-state index in [0.717, 1.165) is 6.42 Å². The van der Waals surface area contributed by atoms with Crippen LogP contribution in [0.15, 0.2) is 0 Å². The van der Waals surface area contributed by atoms with E-state index in [1.807, 2.05) is 0 Å². The summed E-state index contributed by atoms with van der Waals surface area (Å²) < 4.78 is 4.86. The minimum Gasteiger partial charge on any atom is -0.447 e. The van der Waals surface area contributed by atoms with Crippen LogP contribution in [0, 0.1) is 19.0 Å². The van der Waals surface area contributed by atoms with Crippen LogP contribution in [0.1, 0.15) is 84.0 Å². The first-order valence-corrected chi connectivity index (χ1v) is 7.80. The van der Waals surface area contributed by atoms with Crippen LogP contribution in [0.3, 0.4) is 0 Å². The van der Waals surface area contributed by atoms with Gasteiger partial charge in [-0.25, -0.2) is 0 Å². The topological polar surface area (TPSA) is 9.23 Å². The van der Waals surface area contributed by atoms with Crippen LogP contribution in [0.5, 0.6) is 0 Å². The predicted octanol–water partition coefficient (Wildman–Crippen LogP) is 5.50. The lowest BCUT2D eigenvalue weighted by molar-refractivity contribution is 0.318. The van der Waals surface area contributed by atoms with Crippen LogP contribution in [-0.4, -0.2) is 6.61 Å². The van der Waals surface area contributed by atoms with Crippen LogP contribution in [0.2, 0.25) is 0 Å². The van der Waals surface area contributed by atoms with Crippen molar-refractivity contribution in [2.45, 2.75) is 84.0 Å². The third kappa shape index (κ3) is 15.4. The van der Waals surface area contributed by atoms with Crippen LogP contribution < -0.4 is 0 Å². The first kappa shape index (κ1) is 17.4. The smallest absolute Gasteiger partial charge is 0.110 e. The SMILES string of the molecule is [CH2]COC#CCCCCCCCCCCCCC. The number of unbranched alkanes of at least 4 members (excludes halogenated alkanes) is 11. The van der Waals surface area contributed by atoms with Gasteiger partial charge < -0.3 is 4.74 Å². The van der Waals surface area contributed by atoms with E-state index in [1.54, 1.807) is 0 Å². The van der Waals surface area contributed by atoms with Gasteiger partial charge in [0.25, 0.3) is 0 Å². The lowest BCUT2D eigenvalue weighted by Crippen LogP contribution is -1.82. The maximum atomic E-state index is 4.86. The molecule has 0 aliphatic heterocycles. The average Bonchev–Trinajstić information content (AvgIpc) is 2.39. The van der Waals surface area contributed by atoms with E-state index in [-0.39, 0.29) is 0 Å². The number of hydrogen-bond acceptors (Lipinski definition) is 1. The Morgan fingerprint density at radius 3 is 1.78 bits per heavy atom. The van der Waals surface area contributed by atoms with Gasteiger partial charge in [0.15, 0.2) is 0 Å². The molecular weight excluding hydrogens is 220 g/mol. The summed E-state index contributed by atoms with van der Waals surface area (Å²) in [7, 11) is 0. The quantitative estimate of drug-likeness (QED) is 0.329. The van der Waals surface area contributed by atoms with E-state index in [0.29, 0.717) is 6.61 Å². The van der Waals surface area contributed by atoms with E-state index < -0.39 is 0 Å². The fourth-order valence-corrected chi connectivity index (χ4v) is 2.03. The minimum absolute atomic E-state index is 0.450. The maximum absolute atomic E-state index is 4.86. The summed E-state index contributed by atoms with van der Waals surface area (Å²) in [5.41, 5.74) is 0. The van der Waals surface area contributed by atoms with Crippen molar-refractivity contribution in [2.24, 2.45) is 0 Å². The zero-order valence-corrected chi connectivity index (χ0v) is 12.3. The summed E-state index contributed by atoms with van der Waals surface area (Å²) in [4.78, 5) is 0. The van der Waals surface area contributed by atoms with Gasteiger partial charge in [-0.3, -0.25) is 0 Å². The summed E-state index contributed by atoms with van der Waals surface area (Å²) in [5, 5.41) is 0. The summed E-state index contributed by atoms with van der Waals surface area (Å²) in [5.74, 6) is 3.00. The molecule has 1 nitrogen and oxygen atoms in total. The number of ether oxygens (including phenoxy) is 1. The van der Waals surface area contributed by atoms with Crippen molar-refractivity contribution in [3.63, 3.8) is 0 Å². The zero-order valence-electron chi connectivity index (χ0n) is 12.3. The molecule has 0 spiro atoms. The third-order valence-corrected chi connectivity index (χ3v) is 3.15. The molecule has 0 aliphatic carbocycles. The monoisotopic (exact) mass is 251 g/mol. The Hall–Kier alpha value is -0.640. The first-order valence-electron chi connectivity index (χ1n) is 7.80.